The predicted octanol–water partition coefficient (Wildman–Crippen LogP) is 5.95. The molecule has 1 atom stereocenters. The van der Waals surface area contributed by atoms with Gasteiger partial charge in [0, 0.05) is 10.6 Å². The standard InChI is InChI=1S/C26H32N2O5S/c1-7-26(8-2)22(30)28(24(31)27-18-11-15-20(34-6)16-12-18)23(26)32-19-13-9-17(10-14-19)21(29)33-25(3,4)5/h9-16,23H,7-8H2,1-6H3,(H,27,31). The average Bonchev–Trinajstić information content (AvgIpc) is 2.79. The summed E-state index contributed by atoms with van der Waals surface area (Å²) >= 11 is 1.61. The number of hydrogen-bond donors (Lipinski definition) is 1. The summed E-state index contributed by atoms with van der Waals surface area (Å²) in [5.74, 6) is -0.229. The smallest absolute Gasteiger partial charge is 0.338 e. The first-order valence-corrected chi connectivity index (χ1v) is 12.6. The first-order valence-electron chi connectivity index (χ1n) is 11.3. The maximum atomic E-state index is 13.1. The van der Waals surface area contributed by atoms with E-state index in [4.69, 9.17) is 9.47 Å². The fourth-order valence-corrected chi connectivity index (χ4v) is 4.30. The summed E-state index contributed by atoms with van der Waals surface area (Å²) in [5, 5.41) is 2.79. The van der Waals surface area contributed by atoms with Crippen LogP contribution in [0.2, 0.25) is 0 Å². The van der Waals surface area contributed by atoms with Gasteiger partial charge in [0.1, 0.15) is 16.8 Å². The zero-order valence-electron chi connectivity index (χ0n) is 20.5. The molecule has 1 saturated heterocycles. The van der Waals surface area contributed by atoms with E-state index >= 15 is 0 Å². The van der Waals surface area contributed by atoms with Crippen LogP contribution in [0, 0.1) is 5.41 Å². The molecule has 1 aliphatic rings. The Labute approximate surface area is 205 Å². The van der Waals surface area contributed by atoms with Gasteiger partial charge in [0.25, 0.3) is 0 Å². The number of rotatable bonds is 7. The average molecular weight is 485 g/mol. The third-order valence-electron chi connectivity index (χ3n) is 5.91. The Hall–Kier alpha value is -3.00. The van der Waals surface area contributed by atoms with Crippen molar-refractivity contribution < 1.29 is 23.9 Å². The largest absolute Gasteiger partial charge is 0.469 e. The molecule has 1 unspecified atom stereocenters. The van der Waals surface area contributed by atoms with E-state index in [-0.39, 0.29) is 5.91 Å². The maximum absolute atomic E-state index is 13.1. The number of esters is 1. The van der Waals surface area contributed by atoms with E-state index in [9.17, 15) is 14.4 Å². The van der Waals surface area contributed by atoms with Crippen LogP contribution >= 0.6 is 11.8 Å². The Balaban J connectivity index is 1.77. The Morgan fingerprint density at radius 2 is 1.62 bits per heavy atom. The molecular formula is C26H32N2O5S. The van der Waals surface area contributed by atoms with Crippen LogP contribution in [0.25, 0.3) is 0 Å². The molecule has 1 heterocycles. The van der Waals surface area contributed by atoms with E-state index in [2.05, 4.69) is 5.32 Å². The SMILES string of the molecule is CCC1(CC)C(=O)N(C(=O)Nc2ccc(SC)cc2)C1Oc1ccc(C(=O)OC(C)(C)C)cc1. The van der Waals surface area contributed by atoms with Gasteiger partial charge in [-0.1, -0.05) is 13.8 Å². The molecule has 0 spiro atoms. The maximum Gasteiger partial charge on any atom is 0.338 e. The zero-order valence-corrected chi connectivity index (χ0v) is 21.3. The van der Waals surface area contributed by atoms with Crippen molar-refractivity contribution in [3.05, 3.63) is 54.1 Å². The lowest BCUT2D eigenvalue weighted by Crippen LogP contribution is -2.73. The van der Waals surface area contributed by atoms with Gasteiger partial charge in [0.2, 0.25) is 5.91 Å². The number of likely N-dealkylation sites (tertiary alicyclic amines) is 1. The first-order chi connectivity index (χ1) is 16.0. The second-order valence-corrected chi connectivity index (χ2v) is 10.1. The molecule has 2 aromatic carbocycles. The van der Waals surface area contributed by atoms with Crippen LogP contribution in [0.1, 0.15) is 57.8 Å². The van der Waals surface area contributed by atoms with Gasteiger partial charge in [-0.05, 0) is 88.4 Å². The van der Waals surface area contributed by atoms with E-state index in [1.165, 1.54) is 0 Å². The molecule has 1 fully saturated rings. The zero-order chi connectivity index (χ0) is 25.1. The third kappa shape index (κ3) is 5.22. The molecule has 0 aromatic heterocycles. The number of ether oxygens (including phenoxy) is 2. The molecule has 0 radical (unpaired) electrons. The highest BCUT2D eigenvalue weighted by Crippen LogP contribution is 2.46. The van der Waals surface area contributed by atoms with Gasteiger partial charge in [0.15, 0.2) is 6.23 Å². The van der Waals surface area contributed by atoms with E-state index in [0.29, 0.717) is 29.8 Å². The molecule has 182 valence electrons. The molecule has 3 amide bonds. The fourth-order valence-electron chi connectivity index (χ4n) is 3.89. The van der Waals surface area contributed by atoms with Gasteiger partial charge < -0.3 is 14.8 Å². The monoisotopic (exact) mass is 484 g/mol. The molecule has 1 aliphatic heterocycles. The third-order valence-corrected chi connectivity index (χ3v) is 6.65. The molecule has 34 heavy (non-hydrogen) atoms. The molecule has 0 bridgehead atoms. The van der Waals surface area contributed by atoms with Crippen molar-refractivity contribution in [1.82, 2.24) is 4.90 Å². The van der Waals surface area contributed by atoms with E-state index in [1.54, 1.807) is 48.2 Å². The molecule has 3 rings (SSSR count). The van der Waals surface area contributed by atoms with Crippen molar-refractivity contribution >= 4 is 35.4 Å². The number of carbonyl (C=O) groups excluding carboxylic acids is 3. The molecule has 7 nitrogen and oxygen atoms in total. The predicted molar refractivity (Wildman–Crippen MR) is 133 cm³/mol. The van der Waals surface area contributed by atoms with Crippen LogP contribution in [-0.4, -0.2) is 40.9 Å². The minimum absolute atomic E-state index is 0.258. The van der Waals surface area contributed by atoms with E-state index in [1.807, 2.05) is 53.0 Å². The topological polar surface area (TPSA) is 84.9 Å². The number of amides is 3. The number of anilines is 1. The first kappa shape index (κ1) is 25.6. The van der Waals surface area contributed by atoms with Crippen molar-refractivity contribution in [2.45, 2.75) is 64.2 Å². The number of thioether (sulfide) groups is 1. The Morgan fingerprint density at radius 1 is 1.03 bits per heavy atom. The van der Waals surface area contributed by atoms with Gasteiger partial charge in [-0.15, -0.1) is 11.8 Å². The summed E-state index contributed by atoms with van der Waals surface area (Å²) in [4.78, 5) is 40.6. The number of nitrogens with zero attached hydrogens (tertiary/aromatic N) is 1. The number of carbonyl (C=O) groups is 3. The van der Waals surface area contributed by atoms with Crippen LogP contribution in [0.4, 0.5) is 10.5 Å². The molecule has 1 N–H and O–H groups in total. The number of urea groups is 1. The van der Waals surface area contributed by atoms with Crippen molar-refractivity contribution in [2.75, 3.05) is 11.6 Å². The number of hydrogen-bond acceptors (Lipinski definition) is 6. The fraction of sp³-hybridized carbons (Fsp3) is 0.423. The number of β-lactam (4-membered cyclic amide) rings is 1. The summed E-state index contributed by atoms with van der Waals surface area (Å²) in [6.45, 7) is 9.25. The van der Waals surface area contributed by atoms with Crippen LogP contribution in [0.5, 0.6) is 5.75 Å². The second kappa shape index (κ2) is 10.1. The lowest BCUT2D eigenvalue weighted by Gasteiger charge is -2.53. The highest BCUT2D eigenvalue weighted by atomic mass is 32.2. The van der Waals surface area contributed by atoms with Crippen molar-refractivity contribution in [3.63, 3.8) is 0 Å². The quantitative estimate of drug-likeness (QED) is 0.297. The van der Waals surface area contributed by atoms with Gasteiger partial charge in [-0.2, -0.15) is 0 Å². The van der Waals surface area contributed by atoms with Crippen molar-refractivity contribution in [2.24, 2.45) is 5.41 Å². The van der Waals surface area contributed by atoms with E-state index < -0.39 is 29.2 Å². The second-order valence-electron chi connectivity index (χ2n) is 9.19. The van der Waals surface area contributed by atoms with Crippen LogP contribution < -0.4 is 10.1 Å². The van der Waals surface area contributed by atoms with Gasteiger partial charge in [0.05, 0.1) is 5.56 Å². The summed E-state index contributed by atoms with van der Waals surface area (Å²) < 4.78 is 11.5. The summed E-state index contributed by atoms with van der Waals surface area (Å²) in [5.41, 5.74) is -0.387. The molecule has 2 aromatic rings. The summed E-state index contributed by atoms with van der Waals surface area (Å²) in [6.07, 6.45) is 2.29. The molecular weight excluding hydrogens is 452 g/mol. The Kier molecular flexibility index (Phi) is 7.60. The minimum atomic E-state index is -0.788. The van der Waals surface area contributed by atoms with Crippen LogP contribution in [0.15, 0.2) is 53.4 Å². The Morgan fingerprint density at radius 3 is 2.12 bits per heavy atom. The van der Waals surface area contributed by atoms with Gasteiger partial charge in [-0.25, -0.2) is 14.5 Å². The van der Waals surface area contributed by atoms with E-state index in [0.717, 1.165) is 9.80 Å². The number of benzene rings is 2. The highest BCUT2D eigenvalue weighted by molar-refractivity contribution is 7.98. The van der Waals surface area contributed by atoms with Gasteiger partial charge in [-0.3, -0.25) is 4.79 Å². The molecule has 0 saturated carbocycles. The highest BCUT2D eigenvalue weighted by Gasteiger charge is 2.62. The normalized spacial score (nSPS) is 17.1. The van der Waals surface area contributed by atoms with Gasteiger partial charge >= 0.3 is 12.0 Å². The lowest BCUT2D eigenvalue weighted by molar-refractivity contribution is -0.190. The summed E-state index contributed by atoms with van der Waals surface area (Å²) in [7, 11) is 0. The number of imide groups is 1. The van der Waals surface area contributed by atoms with Crippen LogP contribution in [-0.2, 0) is 9.53 Å². The summed E-state index contributed by atoms with van der Waals surface area (Å²) in [6, 6.07) is 13.4. The lowest BCUT2D eigenvalue weighted by atomic mass is 9.72. The molecule has 0 aliphatic carbocycles. The minimum Gasteiger partial charge on any atom is -0.469 e. The number of nitrogens with one attached hydrogen (secondary N) is 1. The van der Waals surface area contributed by atoms with Crippen LogP contribution in [0.3, 0.4) is 0 Å². The van der Waals surface area contributed by atoms with Crippen molar-refractivity contribution in [1.29, 1.82) is 0 Å². The molecule has 8 heteroatoms. The Bertz CT molecular complexity index is 1040. The van der Waals surface area contributed by atoms with Crippen molar-refractivity contribution in [3.8, 4) is 5.75 Å².